The maximum Gasteiger partial charge on any atom is 0.307 e. The van der Waals surface area contributed by atoms with E-state index in [0.29, 0.717) is 21.2 Å². The molecule has 0 bridgehead atoms. The lowest BCUT2D eigenvalue weighted by molar-refractivity contribution is -0.163. The van der Waals surface area contributed by atoms with E-state index in [2.05, 4.69) is 0 Å². The lowest BCUT2D eigenvalue weighted by atomic mass is 9.46. The van der Waals surface area contributed by atoms with Gasteiger partial charge in [-0.15, -0.1) is 0 Å². The van der Waals surface area contributed by atoms with Crippen LogP contribution in [0.1, 0.15) is 34.1 Å². The summed E-state index contributed by atoms with van der Waals surface area (Å²) in [6.45, 7) is 0. The van der Waals surface area contributed by atoms with Gasteiger partial charge in [-0.2, -0.15) is 0 Å². The highest BCUT2D eigenvalue weighted by atomic mass is 35.5. The molecule has 4 aromatic rings. The van der Waals surface area contributed by atoms with Crippen LogP contribution in [0.5, 0.6) is 0 Å². The average Bonchev–Trinajstić information content (AvgIpc) is 2.86. The molecule has 1 fully saturated rings. The van der Waals surface area contributed by atoms with E-state index in [-0.39, 0.29) is 11.8 Å². The molecule has 5 heteroatoms. The topological polar surface area (TPSA) is 57.5 Å². The number of halogens is 2. The summed E-state index contributed by atoms with van der Waals surface area (Å²) in [4.78, 5) is 12.8. The van der Waals surface area contributed by atoms with Crippen LogP contribution >= 0.6 is 23.2 Å². The van der Waals surface area contributed by atoms with Gasteiger partial charge in [-0.05, 0) is 52.4 Å². The van der Waals surface area contributed by atoms with E-state index in [9.17, 15) is 15.0 Å². The summed E-state index contributed by atoms with van der Waals surface area (Å²) in [6, 6.07) is 33.5. The monoisotopic (exact) mass is 502 g/mol. The number of hydrogen-bond acceptors (Lipinski definition) is 2. The molecule has 1 saturated carbocycles. The molecular formula is C30H24Cl2O3. The Morgan fingerprint density at radius 3 is 1.43 bits per heavy atom. The summed E-state index contributed by atoms with van der Waals surface area (Å²) in [5.74, 6) is -3.03. The Balaban J connectivity index is 1.74. The van der Waals surface area contributed by atoms with Crippen molar-refractivity contribution in [2.45, 2.75) is 17.4 Å². The Bertz CT molecular complexity index is 1270. The highest BCUT2D eigenvalue weighted by Crippen LogP contribution is 2.64. The van der Waals surface area contributed by atoms with Crippen molar-refractivity contribution >= 4 is 29.2 Å². The van der Waals surface area contributed by atoms with Crippen LogP contribution in [0.3, 0.4) is 0 Å². The van der Waals surface area contributed by atoms with Crippen LogP contribution in [0.15, 0.2) is 109 Å². The molecule has 0 radical (unpaired) electrons. The Kier molecular flexibility index (Phi) is 6.41. The Hall–Kier alpha value is -3.11. The molecule has 1 aliphatic rings. The fourth-order valence-electron chi connectivity index (χ4n) is 5.71. The number of aliphatic carboxylic acids is 1. The van der Waals surface area contributed by atoms with Crippen LogP contribution in [0, 0.1) is 11.8 Å². The third-order valence-electron chi connectivity index (χ3n) is 7.25. The number of carbonyl (C=O) groups is 1. The summed E-state index contributed by atoms with van der Waals surface area (Å²) in [6.07, 6.45) is 0. The molecule has 0 saturated heterocycles. The van der Waals surface area contributed by atoms with Crippen LogP contribution in [0.25, 0.3) is 0 Å². The lowest BCUT2D eigenvalue weighted by Gasteiger charge is -2.57. The molecule has 176 valence electrons. The smallest absolute Gasteiger partial charge is 0.307 e. The van der Waals surface area contributed by atoms with Gasteiger partial charge in [0, 0.05) is 21.9 Å². The first kappa shape index (κ1) is 23.6. The molecule has 35 heavy (non-hydrogen) atoms. The molecule has 4 aromatic carbocycles. The fourth-order valence-corrected chi connectivity index (χ4v) is 5.96. The molecule has 0 amide bonds. The first-order chi connectivity index (χ1) is 16.9. The second-order valence-electron chi connectivity index (χ2n) is 9.04. The molecule has 0 heterocycles. The zero-order chi connectivity index (χ0) is 24.6. The molecule has 0 aliphatic heterocycles. The van der Waals surface area contributed by atoms with Crippen molar-refractivity contribution in [1.29, 1.82) is 0 Å². The molecule has 0 unspecified atom stereocenters. The predicted molar refractivity (Wildman–Crippen MR) is 139 cm³/mol. The van der Waals surface area contributed by atoms with Crippen LogP contribution in [0.2, 0.25) is 10.0 Å². The summed E-state index contributed by atoms with van der Waals surface area (Å²) in [5.41, 5.74) is 1.61. The number of carboxylic acid groups (broad SMARTS) is 1. The van der Waals surface area contributed by atoms with Crippen molar-refractivity contribution in [3.63, 3.8) is 0 Å². The predicted octanol–water partition coefficient (Wildman–Crippen LogP) is 7.13. The van der Waals surface area contributed by atoms with Crippen LogP contribution in [0.4, 0.5) is 0 Å². The van der Waals surface area contributed by atoms with Gasteiger partial charge < -0.3 is 10.2 Å². The molecule has 4 atom stereocenters. The van der Waals surface area contributed by atoms with Gasteiger partial charge in [-0.1, -0.05) is 108 Å². The van der Waals surface area contributed by atoms with E-state index in [1.54, 1.807) is 12.1 Å². The molecule has 0 aromatic heterocycles. The van der Waals surface area contributed by atoms with Crippen LogP contribution in [-0.4, -0.2) is 16.2 Å². The number of hydrogen-bond donors (Lipinski definition) is 2. The van der Waals surface area contributed by atoms with Crippen molar-refractivity contribution in [3.05, 3.63) is 141 Å². The van der Waals surface area contributed by atoms with E-state index >= 15 is 0 Å². The molecule has 2 N–H and O–H groups in total. The first-order valence-corrected chi connectivity index (χ1v) is 12.2. The number of aliphatic hydroxyl groups is 1. The zero-order valence-corrected chi connectivity index (χ0v) is 20.3. The van der Waals surface area contributed by atoms with E-state index in [1.165, 1.54) is 0 Å². The second-order valence-corrected chi connectivity index (χ2v) is 9.92. The van der Waals surface area contributed by atoms with Crippen molar-refractivity contribution < 1.29 is 15.0 Å². The zero-order valence-electron chi connectivity index (χ0n) is 18.8. The van der Waals surface area contributed by atoms with Crippen LogP contribution < -0.4 is 0 Å². The highest BCUT2D eigenvalue weighted by Gasteiger charge is 2.63. The minimum atomic E-state index is -1.53. The molecule has 5 rings (SSSR count). The summed E-state index contributed by atoms with van der Waals surface area (Å²) >= 11 is 12.3. The van der Waals surface area contributed by atoms with Gasteiger partial charge in [0.05, 0.1) is 5.92 Å². The number of rotatable bonds is 6. The molecule has 1 aliphatic carbocycles. The fraction of sp³-hybridized carbons (Fsp3) is 0.167. The van der Waals surface area contributed by atoms with Gasteiger partial charge in [0.1, 0.15) is 5.60 Å². The highest BCUT2D eigenvalue weighted by molar-refractivity contribution is 6.30. The van der Waals surface area contributed by atoms with E-state index in [4.69, 9.17) is 23.2 Å². The van der Waals surface area contributed by atoms with Gasteiger partial charge in [0.15, 0.2) is 0 Å². The molecule has 0 spiro atoms. The minimum Gasteiger partial charge on any atom is -0.481 e. The maximum atomic E-state index is 12.8. The normalized spacial score (nSPS) is 21.8. The third-order valence-corrected chi connectivity index (χ3v) is 7.76. The second kappa shape index (κ2) is 9.50. The minimum absolute atomic E-state index is 0.278. The first-order valence-electron chi connectivity index (χ1n) is 11.5. The van der Waals surface area contributed by atoms with E-state index < -0.39 is 23.4 Å². The number of benzene rings is 4. The average molecular weight is 503 g/mol. The number of carboxylic acids is 1. The van der Waals surface area contributed by atoms with Gasteiger partial charge in [0.25, 0.3) is 0 Å². The van der Waals surface area contributed by atoms with Crippen molar-refractivity contribution in [3.8, 4) is 0 Å². The van der Waals surface area contributed by atoms with Crippen molar-refractivity contribution in [2.24, 2.45) is 11.8 Å². The van der Waals surface area contributed by atoms with Crippen LogP contribution in [-0.2, 0) is 10.4 Å². The largest absolute Gasteiger partial charge is 0.481 e. The van der Waals surface area contributed by atoms with E-state index in [0.717, 1.165) is 11.1 Å². The summed E-state index contributed by atoms with van der Waals surface area (Å²) in [7, 11) is 0. The molecular weight excluding hydrogens is 479 g/mol. The summed E-state index contributed by atoms with van der Waals surface area (Å²) < 4.78 is 0. The quantitative estimate of drug-likeness (QED) is 0.294. The van der Waals surface area contributed by atoms with Gasteiger partial charge in [-0.3, -0.25) is 4.79 Å². The lowest BCUT2D eigenvalue weighted by Crippen LogP contribution is -2.57. The van der Waals surface area contributed by atoms with E-state index in [1.807, 2.05) is 97.1 Å². The van der Waals surface area contributed by atoms with Gasteiger partial charge >= 0.3 is 5.97 Å². The molecule has 3 nitrogen and oxygen atoms in total. The standard InChI is InChI=1S/C30H24Cl2O3/c31-23-15-11-19(12-16-23)25-26(20-13-17-24(32)18-14-20)28(27(25)29(33)34)30(35,21-7-3-1-4-8-21)22-9-5-2-6-10-22/h1-18,25-28,35H,(H,33,34)/t25-,26+,27+,28-/m1/s1. The Labute approximate surface area is 214 Å². The summed E-state index contributed by atoms with van der Waals surface area (Å²) in [5, 5.41) is 24.3. The Morgan fingerprint density at radius 1 is 0.629 bits per heavy atom. The maximum absolute atomic E-state index is 12.8. The van der Waals surface area contributed by atoms with Gasteiger partial charge in [0.2, 0.25) is 0 Å². The van der Waals surface area contributed by atoms with Crippen molar-refractivity contribution in [1.82, 2.24) is 0 Å². The van der Waals surface area contributed by atoms with Gasteiger partial charge in [-0.25, -0.2) is 0 Å². The van der Waals surface area contributed by atoms with Crippen molar-refractivity contribution in [2.75, 3.05) is 0 Å². The Morgan fingerprint density at radius 2 is 1.03 bits per heavy atom. The third kappa shape index (κ3) is 4.14. The SMILES string of the molecule is O=C(O)[C@H]1[C@H](c2ccc(Cl)cc2)[C@H](c2ccc(Cl)cc2)[C@H]1C(O)(c1ccccc1)c1ccccc1.